The lowest BCUT2D eigenvalue weighted by atomic mass is 10.1. The number of hydrogen-bond donors (Lipinski definition) is 1. The predicted octanol–water partition coefficient (Wildman–Crippen LogP) is 2.26. The Hall–Kier alpha value is -3.13. The fourth-order valence-corrected chi connectivity index (χ4v) is 3.26. The second-order valence-electron chi connectivity index (χ2n) is 6.72. The molecule has 3 rings (SSSR count). The van der Waals surface area contributed by atoms with E-state index in [4.69, 9.17) is 11.6 Å². The quantitative estimate of drug-likeness (QED) is 0.575. The average molecular weight is 417 g/mol. The van der Waals surface area contributed by atoms with Gasteiger partial charge in [0.2, 0.25) is 11.8 Å². The molecule has 0 unspecified atom stereocenters. The van der Waals surface area contributed by atoms with Crippen molar-refractivity contribution in [3.63, 3.8) is 0 Å². The van der Waals surface area contributed by atoms with Gasteiger partial charge in [-0.15, -0.1) is 0 Å². The molecule has 9 heteroatoms. The number of amides is 2. The van der Waals surface area contributed by atoms with Crippen molar-refractivity contribution in [2.24, 2.45) is 0 Å². The number of non-ortho nitro benzene ring substituents is 1. The number of piperazine rings is 1. The molecule has 0 spiro atoms. The third-order valence-corrected chi connectivity index (χ3v) is 5.02. The number of nitro benzene ring substituents is 1. The second kappa shape index (κ2) is 9.38. The van der Waals surface area contributed by atoms with E-state index in [0.717, 1.165) is 5.69 Å². The van der Waals surface area contributed by atoms with Crippen LogP contribution in [0.25, 0.3) is 0 Å². The molecule has 1 N–H and O–H groups in total. The van der Waals surface area contributed by atoms with Gasteiger partial charge < -0.3 is 15.1 Å². The third kappa shape index (κ3) is 5.68. The molecule has 0 atom stereocenters. The van der Waals surface area contributed by atoms with Crippen molar-refractivity contribution in [1.29, 1.82) is 0 Å². The van der Waals surface area contributed by atoms with Crippen molar-refractivity contribution in [2.75, 3.05) is 37.6 Å². The molecule has 0 bridgehead atoms. The molecular formula is C20H21ClN4O4. The van der Waals surface area contributed by atoms with Crippen molar-refractivity contribution in [3.05, 3.63) is 69.2 Å². The summed E-state index contributed by atoms with van der Waals surface area (Å²) in [6, 6.07) is 13.4. The van der Waals surface area contributed by atoms with Gasteiger partial charge in [0.05, 0.1) is 17.9 Å². The molecule has 1 fully saturated rings. The molecule has 1 saturated heterocycles. The Morgan fingerprint density at radius 2 is 1.62 bits per heavy atom. The number of carbonyl (C=O) groups excluding carboxylic acids is 2. The minimum atomic E-state index is -0.491. The number of nitrogens with one attached hydrogen (secondary N) is 1. The van der Waals surface area contributed by atoms with E-state index in [1.165, 1.54) is 24.3 Å². The first-order valence-corrected chi connectivity index (χ1v) is 9.58. The zero-order valence-corrected chi connectivity index (χ0v) is 16.5. The standard InChI is InChI=1S/C20H21ClN4O4/c21-16-3-7-17(8-4-16)23-9-11-24(12-10-23)20(27)14-22-19(26)13-15-1-5-18(6-2-15)25(28)29/h1-8H,9-14H2,(H,22,26). The Morgan fingerprint density at radius 1 is 1.00 bits per heavy atom. The smallest absolute Gasteiger partial charge is 0.269 e. The highest BCUT2D eigenvalue weighted by Gasteiger charge is 2.21. The van der Waals surface area contributed by atoms with Crippen LogP contribution in [-0.2, 0) is 16.0 Å². The van der Waals surface area contributed by atoms with Crippen molar-refractivity contribution in [1.82, 2.24) is 10.2 Å². The van der Waals surface area contributed by atoms with Crippen LogP contribution in [0, 0.1) is 10.1 Å². The van der Waals surface area contributed by atoms with Gasteiger partial charge in [0.15, 0.2) is 0 Å². The fraction of sp³-hybridized carbons (Fsp3) is 0.300. The van der Waals surface area contributed by atoms with Crippen LogP contribution in [0.2, 0.25) is 5.02 Å². The number of benzene rings is 2. The van der Waals surface area contributed by atoms with Crippen LogP contribution in [0.15, 0.2) is 48.5 Å². The number of anilines is 1. The Labute approximate surface area is 173 Å². The highest BCUT2D eigenvalue weighted by atomic mass is 35.5. The monoisotopic (exact) mass is 416 g/mol. The zero-order chi connectivity index (χ0) is 20.8. The molecule has 2 aromatic carbocycles. The Kier molecular flexibility index (Phi) is 6.66. The molecule has 0 aliphatic carbocycles. The first-order chi connectivity index (χ1) is 13.9. The minimum Gasteiger partial charge on any atom is -0.368 e. The normalized spacial score (nSPS) is 13.8. The maximum Gasteiger partial charge on any atom is 0.269 e. The number of halogens is 1. The Bertz CT molecular complexity index is 878. The summed E-state index contributed by atoms with van der Waals surface area (Å²) in [5.41, 5.74) is 1.69. The van der Waals surface area contributed by atoms with Gasteiger partial charge in [-0.05, 0) is 29.8 Å². The SMILES string of the molecule is O=C(Cc1ccc([N+](=O)[O-])cc1)NCC(=O)N1CCN(c2ccc(Cl)cc2)CC1. The first-order valence-electron chi connectivity index (χ1n) is 9.21. The van der Waals surface area contributed by atoms with Crippen LogP contribution >= 0.6 is 11.6 Å². The molecule has 1 heterocycles. The second-order valence-corrected chi connectivity index (χ2v) is 7.16. The Balaban J connectivity index is 1.42. The largest absolute Gasteiger partial charge is 0.368 e. The summed E-state index contributed by atoms with van der Waals surface area (Å²) >= 11 is 5.91. The molecule has 1 aliphatic heterocycles. The van der Waals surface area contributed by atoms with Crippen LogP contribution < -0.4 is 10.2 Å². The van der Waals surface area contributed by atoms with Crippen LogP contribution in [0.5, 0.6) is 0 Å². The number of hydrogen-bond acceptors (Lipinski definition) is 5. The summed E-state index contributed by atoms with van der Waals surface area (Å²) in [6.45, 7) is 2.53. The number of nitrogens with zero attached hydrogens (tertiary/aromatic N) is 3. The summed E-state index contributed by atoms with van der Waals surface area (Å²) in [7, 11) is 0. The summed E-state index contributed by atoms with van der Waals surface area (Å²) < 4.78 is 0. The Morgan fingerprint density at radius 3 is 2.21 bits per heavy atom. The lowest BCUT2D eigenvalue weighted by Crippen LogP contribution is -2.51. The van der Waals surface area contributed by atoms with Gasteiger partial charge in [-0.2, -0.15) is 0 Å². The van der Waals surface area contributed by atoms with Crippen LogP contribution in [0.3, 0.4) is 0 Å². The van der Waals surface area contributed by atoms with E-state index in [2.05, 4.69) is 10.2 Å². The van der Waals surface area contributed by atoms with Gasteiger partial charge in [0.25, 0.3) is 5.69 Å². The lowest BCUT2D eigenvalue weighted by molar-refractivity contribution is -0.384. The molecule has 2 amide bonds. The summed E-state index contributed by atoms with van der Waals surface area (Å²) in [5, 5.41) is 14.0. The predicted molar refractivity (Wildman–Crippen MR) is 110 cm³/mol. The van der Waals surface area contributed by atoms with E-state index in [1.807, 2.05) is 24.3 Å². The van der Waals surface area contributed by atoms with Crippen molar-refractivity contribution < 1.29 is 14.5 Å². The first kappa shape index (κ1) is 20.6. The van der Waals surface area contributed by atoms with Gasteiger partial charge in [-0.25, -0.2) is 0 Å². The van der Waals surface area contributed by atoms with E-state index in [1.54, 1.807) is 4.90 Å². The fourth-order valence-electron chi connectivity index (χ4n) is 3.14. The van der Waals surface area contributed by atoms with E-state index in [-0.39, 0.29) is 30.5 Å². The molecule has 0 aromatic heterocycles. The van der Waals surface area contributed by atoms with E-state index >= 15 is 0 Å². The summed E-state index contributed by atoms with van der Waals surface area (Å²) in [6.07, 6.45) is 0.0651. The molecule has 29 heavy (non-hydrogen) atoms. The van der Waals surface area contributed by atoms with Gasteiger partial charge >= 0.3 is 0 Å². The number of carbonyl (C=O) groups is 2. The highest BCUT2D eigenvalue weighted by molar-refractivity contribution is 6.30. The van der Waals surface area contributed by atoms with E-state index in [0.29, 0.717) is 36.8 Å². The van der Waals surface area contributed by atoms with Gasteiger partial charge in [0.1, 0.15) is 0 Å². The molecule has 0 saturated carbocycles. The van der Waals surface area contributed by atoms with Crippen molar-refractivity contribution >= 4 is 34.8 Å². The van der Waals surface area contributed by atoms with Crippen LogP contribution in [0.4, 0.5) is 11.4 Å². The van der Waals surface area contributed by atoms with Crippen molar-refractivity contribution in [2.45, 2.75) is 6.42 Å². The average Bonchev–Trinajstić information content (AvgIpc) is 2.73. The van der Waals surface area contributed by atoms with Gasteiger partial charge in [0, 0.05) is 49.0 Å². The van der Waals surface area contributed by atoms with Crippen molar-refractivity contribution in [3.8, 4) is 0 Å². The van der Waals surface area contributed by atoms with E-state index < -0.39 is 4.92 Å². The molecular weight excluding hydrogens is 396 g/mol. The molecule has 0 radical (unpaired) electrons. The van der Waals surface area contributed by atoms with Crippen LogP contribution in [0.1, 0.15) is 5.56 Å². The molecule has 152 valence electrons. The molecule has 2 aromatic rings. The van der Waals surface area contributed by atoms with Crippen LogP contribution in [-0.4, -0.2) is 54.4 Å². The summed E-state index contributed by atoms with van der Waals surface area (Å²) in [5.74, 6) is -0.426. The van der Waals surface area contributed by atoms with Gasteiger partial charge in [-0.3, -0.25) is 19.7 Å². The maximum atomic E-state index is 12.4. The van der Waals surface area contributed by atoms with Gasteiger partial charge in [-0.1, -0.05) is 23.7 Å². The highest BCUT2D eigenvalue weighted by Crippen LogP contribution is 2.19. The number of rotatable bonds is 6. The maximum absolute atomic E-state index is 12.4. The molecule has 8 nitrogen and oxygen atoms in total. The summed E-state index contributed by atoms with van der Waals surface area (Å²) in [4.78, 5) is 38.5. The lowest BCUT2D eigenvalue weighted by Gasteiger charge is -2.36. The third-order valence-electron chi connectivity index (χ3n) is 4.77. The van der Waals surface area contributed by atoms with E-state index in [9.17, 15) is 19.7 Å². The number of nitro groups is 1. The topological polar surface area (TPSA) is 95.8 Å². The molecule has 1 aliphatic rings. The zero-order valence-electron chi connectivity index (χ0n) is 15.7. The minimum absolute atomic E-state index is 0.0259.